The first-order valence-corrected chi connectivity index (χ1v) is 6.41. The Labute approximate surface area is 121 Å². The number of hydrogen-bond acceptors (Lipinski definition) is 3. The van der Waals surface area contributed by atoms with Gasteiger partial charge < -0.3 is 9.94 Å². The third kappa shape index (κ3) is 4.27. The normalized spacial score (nSPS) is 11.5. The number of rotatable bonds is 5. The standard InChI is InChI=1S/C16H15F2NO2/c1-11(19-20)8-12-2-6-15(7-3-12)21-10-13-4-5-14(17)9-16(13)18/h2-7,9,20H,8,10H2,1H3/b19-11-. The molecule has 0 heterocycles. The van der Waals surface area contributed by atoms with Crippen molar-refractivity contribution in [2.75, 3.05) is 0 Å². The molecule has 21 heavy (non-hydrogen) atoms. The topological polar surface area (TPSA) is 41.8 Å². The van der Waals surface area contributed by atoms with Crippen molar-refractivity contribution in [3.05, 3.63) is 65.2 Å². The zero-order valence-corrected chi connectivity index (χ0v) is 11.5. The Hall–Kier alpha value is -2.43. The fraction of sp³-hybridized carbons (Fsp3) is 0.188. The van der Waals surface area contributed by atoms with Crippen LogP contribution in [-0.2, 0) is 13.0 Å². The van der Waals surface area contributed by atoms with Crippen LogP contribution >= 0.6 is 0 Å². The van der Waals surface area contributed by atoms with Crippen LogP contribution in [0.2, 0.25) is 0 Å². The molecule has 0 fully saturated rings. The highest BCUT2D eigenvalue weighted by atomic mass is 19.1. The number of hydrogen-bond donors (Lipinski definition) is 1. The first-order chi connectivity index (χ1) is 10.1. The fourth-order valence-corrected chi connectivity index (χ4v) is 1.83. The lowest BCUT2D eigenvalue weighted by atomic mass is 10.1. The number of benzene rings is 2. The van der Waals surface area contributed by atoms with Gasteiger partial charge in [0.2, 0.25) is 0 Å². The Kier molecular flexibility index (Phi) is 4.87. The van der Waals surface area contributed by atoms with Gasteiger partial charge in [0.05, 0.1) is 5.71 Å². The molecule has 2 aromatic carbocycles. The second-order valence-electron chi connectivity index (χ2n) is 4.68. The van der Waals surface area contributed by atoms with Gasteiger partial charge in [0.1, 0.15) is 24.0 Å². The van der Waals surface area contributed by atoms with Crippen LogP contribution in [0.15, 0.2) is 47.6 Å². The van der Waals surface area contributed by atoms with Gasteiger partial charge in [0, 0.05) is 18.1 Å². The molecule has 3 nitrogen and oxygen atoms in total. The van der Waals surface area contributed by atoms with Crippen LogP contribution in [0.25, 0.3) is 0 Å². The third-order valence-electron chi connectivity index (χ3n) is 2.96. The Morgan fingerprint density at radius 1 is 1.14 bits per heavy atom. The quantitative estimate of drug-likeness (QED) is 0.515. The number of oxime groups is 1. The van der Waals surface area contributed by atoms with Crippen LogP contribution in [0.3, 0.4) is 0 Å². The lowest BCUT2D eigenvalue weighted by molar-refractivity contribution is 0.299. The highest BCUT2D eigenvalue weighted by Crippen LogP contribution is 2.16. The molecule has 0 unspecified atom stereocenters. The predicted octanol–water partition coefficient (Wildman–Crippen LogP) is 3.94. The summed E-state index contributed by atoms with van der Waals surface area (Å²) in [6, 6.07) is 10.6. The molecule has 0 aliphatic rings. The molecule has 0 aliphatic carbocycles. The van der Waals surface area contributed by atoms with Crippen molar-refractivity contribution < 1.29 is 18.7 Å². The second kappa shape index (κ2) is 6.83. The molecule has 2 aromatic rings. The number of ether oxygens (including phenoxy) is 1. The molecule has 2 rings (SSSR count). The number of nitrogens with zero attached hydrogens (tertiary/aromatic N) is 1. The molecular formula is C16H15F2NO2. The first kappa shape index (κ1) is 15.0. The van der Waals surface area contributed by atoms with Crippen molar-refractivity contribution in [3.63, 3.8) is 0 Å². The minimum atomic E-state index is -0.624. The third-order valence-corrected chi connectivity index (χ3v) is 2.96. The van der Waals surface area contributed by atoms with Crippen LogP contribution in [0, 0.1) is 11.6 Å². The van der Waals surface area contributed by atoms with Crippen LogP contribution in [0.1, 0.15) is 18.1 Å². The van der Waals surface area contributed by atoms with Crippen LogP contribution < -0.4 is 4.74 Å². The van der Waals surface area contributed by atoms with E-state index in [1.54, 1.807) is 19.1 Å². The van der Waals surface area contributed by atoms with Crippen molar-refractivity contribution in [2.45, 2.75) is 20.0 Å². The summed E-state index contributed by atoms with van der Waals surface area (Å²) in [5.74, 6) is -0.649. The van der Waals surface area contributed by atoms with Crippen LogP contribution in [0.5, 0.6) is 5.75 Å². The van der Waals surface area contributed by atoms with E-state index in [4.69, 9.17) is 9.94 Å². The summed E-state index contributed by atoms with van der Waals surface area (Å²) in [7, 11) is 0. The van der Waals surface area contributed by atoms with Gasteiger partial charge in [0.25, 0.3) is 0 Å². The van der Waals surface area contributed by atoms with E-state index in [0.29, 0.717) is 23.4 Å². The van der Waals surface area contributed by atoms with E-state index in [-0.39, 0.29) is 6.61 Å². The lowest BCUT2D eigenvalue weighted by Gasteiger charge is -2.08. The van der Waals surface area contributed by atoms with Gasteiger partial charge >= 0.3 is 0 Å². The van der Waals surface area contributed by atoms with Gasteiger partial charge in [-0.05, 0) is 36.8 Å². The fourth-order valence-electron chi connectivity index (χ4n) is 1.83. The SMILES string of the molecule is C/C(Cc1ccc(OCc2ccc(F)cc2F)cc1)=N/O. The monoisotopic (exact) mass is 291 g/mol. The van der Waals surface area contributed by atoms with Gasteiger partial charge in [0.15, 0.2) is 0 Å². The Morgan fingerprint density at radius 2 is 1.86 bits per heavy atom. The van der Waals surface area contributed by atoms with Crippen molar-refractivity contribution in [2.24, 2.45) is 5.16 Å². The summed E-state index contributed by atoms with van der Waals surface area (Å²) >= 11 is 0. The largest absolute Gasteiger partial charge is 0.489 e. The van der Waals surface area contributed by atoms with E-state index in [1.807, 2.05) is 12.1 Å². The summed E-state index contributed by atoms with van der Waals surface area (Å²) in [4.78, 5) is 0. The van der Waals surface area contributed by atoms with Gasteiger partial charge in [-0.3, -0.25) is 0 Å². The molecule has 1 N–H and O–H groups in total. The van der Waals surface area contributed by atoms with E-state index in [1.165, 1.54) is 12.1 Å². The van der Waals surface area contributed by atoms with Crippen molar-refractivity contribution in [1.29, 1.82) is 0 Å². The van der Waals surface area contributed by atoms with Crippen molar-refractivity contribution in [1.82, 2.24) is 0 Å². The first-order valence-electron chi connectivity index (χ1n) is 6.41. The summed E-state index contributed by atoms with van der Waals surface area (Å²) in [5.41, 5.74) is 1.88. The maximum atomic E-state index is 13.4. The number of halogens is 2. The summed E-state index contributed by atoms with van der Waals surface area (Å²) in [6.45, 7) is 1.75. The van der Waals surface area contributed by atoms with E-state index < -0.39 is 11.6 Å². The molecule has 0 radical (unpaired) electrons. The smallest absolute Gasteiger partial charge is 0.132 e. The molecule has 0 spiro atoms. The molecule has 5 heteroatoms. The van der Waals surface area contributed by atoms with E-state index in [0.717, 1.165) is 11.6 Å². The Balaban J connectivity index is 1.97. The predicted molar refractivity (Wildman–Crippen MR) is 75.7 cm³/mol. The minimum absolute atomic E-state index is 0.0303. The Morgan fingerprint density at radius 3 is 2.48 bits per heavy atom. The van der Waals surface area contributed by atoms with Gasteiger partial charge in [-0.15, -0.1) is 0 Å². The van der Waals surface area contributed by atoms with E-state index >= 15 is 0 Å². The van der Waals surface area contributed by atoms with Gasteiger partial charge in [-0.25, -0.2) is 8.78 Å². The van der Waals surface area contributed by atoms with E-state index in [2.05, 4.69) is 5.16 Å². The van der Waals surface area contributed by atoms with Crippen molar-refractivity contribution >= 4 is 5.71 Å². The molecule has 0 saturated heterocycles. The average Bonchev–Trinajstić information content (AvgIpc) is 2.48. The molecule has 0 bridgehead atoms. The van der Waals surface area contributed by atoms with E-state index in [9.17, 15) is 8.78 Å². The lowest BCUT2D eigenvalue weighted by Crippen LogP contribution is -2.00. The Bertz CT molecular complexity index is 639. The molecule has 0 atom stereocenters. The summed E-state index contributed by atoms with van der Waals surface area (Å²) in [6.07, 6.45) is 0.545. The summed E-state index contributed by atoms with van der Waals surface area (Å²) < 4.78 is 31.7. The highest BCUT2D eigenvalue weighted by molar-refractivity contribution is 5.83. The highest BCUT2D eigenvalue weighted by Gasteiger charge is 2.05. The zero-order valence-electron chi connectivity index (χ0n) is 11.5. The van der Waals surface area contributed by atoms with Crippen LogP contribution in [0.4, 0.5) is 8.78 Å². The van der Waals surface area contributed by atoms with Crippen molar-refractivity contribution in [3.8, 4) is 5.75 Å². The maximum absolute atomic E-state index is 13.4. The molecular weight excluding hydrogens is 276 g/mol. The minimum Gasteiger partial charge on any atom is -0.489 e. The average molecular weight is 291 g/mol. The molecule has 0 aromatic heterocycles. The summed E-state index contributed by atoms with van der Waals surface area (Å²) in [5, 5.41) is 11.7. The van der Waals surface area contributed by atoms with Gasteiger partial charge in [-0.2, -0.15) is 0 Å². The van der Waals surface area contributed by atoms with Crippen LogP contribution in [-0.4, -0.2) is 10.9 Å². The zero-order chi connectivity index (χ0) is 15.2. The molecule has 0 amide bonds. The molecule has 110 valence electrons. The maximum Gasteiger partial charge on any atom is 0.132 e. The second-order valence-corrected chi connectivity index (χ2v) is 4.68. The molecule has 0 saturated carbocycles. The molecule has 0 aliphatic heterocycles. The van der Waals surface area contributed by atoms with Gasteiger partial charge in [-0.1, -0.05) is 17.3 Å².